The van der Waals surface area contributed by atoms with E-state index in [0.29, 0.717) is 11.7 Å². The molecule has 14 heavy (non-hydrogen) atoms. The third-order valence-electron chi connectivity index (χ3n) is 2.20. The maximum absolute atomic E-state index is 11.7. The molecule has 1 saturated heterocycles. The molecule has 1 fully saturated rings. The molecular formula is C8H12N2O2S2. The zero-order chi connectivity index (χ0) is 10.0. The summed E-state index contributed by atoms with van der Waals surface area (Å²) in [6, 6.07) is 0. The molecule has 0 radical (unpaired) electrons. The molecule has 2 rings (SSSR count). The van der Waals surface area contributed by atoms with Gasteiger partial charge in [0.25, 0.3) is 0 Å². The standard InChI is InChI=1S/C8H12N2O2S2/c11-14(12,4-7-1-9-2-7)5-8-3-10-6-13-8/h3,6-7,9H,1-2,4-5H2. The third-order valence-corrected chi connectivity index (χ3v) is 4.89. The van der Waals surface area contributed by atoms with Crippen molar-refractivity contribution in [2.24, 2.45) is 5.92 Å². The van der Waals surface area contributed by atoms with Gasteiger partial charge in [0, 0.05) is 24.2 Å². The van der Waals surface area contributed by atoms with Gasteiger partial charge in [-0.3, -0.25) is 4.98 Å². The normalized spacial score (nSPS) is 18.0. The molecule has 0 amide bonds. The van der Waals surface area contributed by atoms with Crippen LogP contribution in [0.25, 0.3) is 0 Å². The molecule has 1 aliphatic heterocycles. The molecule has 4 nitrogen and oxygen atoms in total. The van der Waals surface area contributed by atoms with Gasteiger partial charge >= 0.3 is 0 Å². The lowest BCUT2D eigenvalue weighted by Gasteiger charge is -2.26. The van der Waals surface area contributed by atoms with Crippen molar-refractivity contribution in [2.45, 2.75) is 5.75 Å². The fourth-order valence-electron chi connectivity index (χ4n) is 1.41. The second kappa shape index (κ2) is 3.96. The lowest BCUT2D eigenvalue weighted by Crippen LogP contribution is -2.45. The Kier molecular flexibility index (Phi) is 2.85. The van der Waals surface area contributed by atoms with Crippen molar-refractivity contribution < 1.29 is 8.42 Å². The Bertz CT molecular complexity index is 381. The second-order valence-corrected chi connectivity index (χ2v) is 6.63. The van der Waals surface area contributed by atoms with Crippen LogP contribution in [0.2, 0.25) is 0 Å². The van der Waals surface area contributed by atoms with E-state index in [-0.39, 0.29) is 5.75 Å². The Morgan fingerprint density at radius 1 is 1.57 bits per heavy atom. The molecule has 0 saturated carbocycles. The van der Waals surface area contributed by atoms with Crippen molar-refractivity contribution in [1.29, 1.82) is 0 Å². The van der Waals surface area contributed by atoms with Gasteiger partial charge in [-0.25, -0.2) is 8.42 Å². The number of sulfone groups is 1. The Labute approximate surface area is 87.3 Å². The van der Waals surface area contributed by atoms with Crippen LogP contribution < -0.4 is 5.32 Å². The van der Waals surface area contributed by atoms with Crippen LogP contribution in [0, 0.1) is 5.92 Å². The van der Waals surface area contributed by atoms with Gasteiger partial charge in [-0.2, -0.15) is 0 Å². The highest BCUT2D eigenvalue weighted by atomic mass is 32.2. The fraction of sp³-hybridized carbons (Fsp3) is 0.625. The van der Waals surface area contributed by atoms with Crippen LogP contribution in [0.5, 0.6) is 0 Å². The molecule has 0 bridgehead atoms. The van der Waals surface area contributed by atoms with E-state index in [2.05, 4.69) is 10.3 Å². The maximum Gasteiger partial charge on any atom is 0.155 e. The number of hydrogen-bond acceptors (Lipinski definition) is 5. The first-order chi connectivity index (χ1) is 6.66. The molecule has 1 aromatic rings. The quantitative estimate of drug-likeness (QED) is 0.810. The van der Waals surface area contributed by atoms with E-state index in [0.717, 1.165) is 18.0 Å². The van der Waals surface area contributed by atoms with Gasteiger partial charge in [0.2, 0.25) is 0 Å². The minimum absolute atomic E-state index is 0.147. The van der Waals surface area contributed by atoms with Crippen molar-refractivity contribution in [1.82, 2.24) is 10.3 Å². The molecule has 1 aromatic heterocycles. The number of nitrogens with one attached hydrogen (secondary N) is 1. The van der Waals surface area contributed by atoms with Crippen molar-refractivity contribution in [2.75, 3.05) is 18.8 Å². The topological polar surface area (TPSA) is 59.1 Å². The van der Waals surface area contributed by atoms with Gasteiger partial charge in [0.1, 0.15) is 0 Å². The SMILES string of the molecule is O=S(=O)(Cc1cncs1)CC1CNC1. The van der Waals surface area contributed by atoms with E-state index in [9.17, 15) is 8.42 Å². The lowest BCUT2D eigenvalue weighted by atomic mass is 10.1. The van der Waals surface area contributed by atoms with Gasteiger partial charge < -0.3 is 5.32 Å². The van der Waals surface area contributed by atoms with E-state index in [1.807, 2.05) is 0 Å². The predicted molar refractivity (Wildman–Crippen MR) is 56.0 cm³/mol. The van der Waals surface area contributed by atoms with Gasteiger partial charge in [0.15, 0.2) is 9.84 Å². The van der Waals surface area contributed by atoms with Crippen molar-refractivity contribution >= 4 is 21.2 Å². The van der Waals surface area contributed by atoms with Crippen LogP contribution in [-0.2, 0) is 15.6 Å². The van der Waals surface area contributed by atoms with Crippen LogP contribution in [-0.4, -0.2) is 32.2 Å². The maximum atomic E-state index is 11.7. The van der Waals surface area contributed by atoms with Gasteiger partial charge in [-0.1, -0.05) is 0 Å². The summed E-state index contributed by atoms with van der Waals surface area (Å²) >= 11 is 1.40. The summed E-state index contributed by atoms with van der Waals surface area (Å²) in [5.74, 6) is 0.763. The van der Waals surface area contributed by atoms with E-state index in [1.54, 1.807) is 11.7 Å². The zero-order valence-electron chi connectivity index (χ0n) is 7.64. The highest BCUT2D eigenvalue weighted by Gasteiger charge is 2.24. The van der Waals surface area contributed by atoms with E-state index in [1.165, 1.54) is 11.3 Å². The average Bonchev–Trinajstić information content (AvgIpc) is 2.49. The number of nitrogens with zero attached hydrogens (tertiary/aromatic N) is 1. The Hall–Kier alpha value is -0.460. The summed E-state index contributed by atoms with van der Waals surface area (Å²) in [7, 11) is -2.93. The number of hydrogen-bond donors (Lipinski definition) is 1. The molecule has 0 unspecified atom stereocenters. The van der Waals surface area contributed by atoms with Crippen LogP contribution in [0.15, 0.2) is 11.7 Å². The third kappa shape index (κ3) is 2.52. The summed E-state index contributed by atoms with van der Waals surface area (Å²) < 4.78 is 23.3. The molecule has 1 aliphatic rings. The predicted octanol–water partition coefficient (Wildman–Crippen LogP) is 0.277. The summed E-state index contributed by atoms with van der Waals surface area (Å²) in [5.41, 5.74) is 1.66. The minimum atomic E-state index is -2.93. The highest BCUT2D eigenvalue weighted by molar-refractivity contribution is 7.90. The minimum Gasteiger partial charge on any atom is -0.316 e. The number of thiazole rings is 1. The van der Waals surface area contributed by atoms with Gasteiger partial charge in [-0.05, 0) is 5.92 Å². The van der Waals surface area contributed by atoms with Crippen LogP contribution >= 0.6 is 11.3 Å². The van der Waals surface area contributed by atoms with Crippen LogP contribution in [0.3, 0.4) is 0 Å². The summed E-state index contributed by atoms with van der Waals surface area (Å²) in [5, 5.41) is 3.07. The first kappa shape index (κ1) is 10.1. The van der Waals surface area contributed by atoms with E-state index < -0.39 is 9.84 Å². The monoisotopic (exact) mass is 232 g/mol. The molecule has 0 aliphatic carbocycles. The summed E-state index contributed by atoms with van der Waals surface area (Å²) in [6.07, 6.45) is 1.63. The molecule has 1 N–H and O–H groups in total. The average molecular weight is 232 g/mol. The van der Waals surface area contributed by atoms with Gasteiger partial charge in [-0.15, -0.1) is 11.3 Å². The van der Waals surface area contributed by atoms with Crippen molar-refractivity contribution in [3.63, 3.8) is 0 Å². The molecule has 0 aromatic carbocycles. The Morgan fingerprint density at radius 3 is 2.86 bits per heavy atom. The van der Waals surface area contributed by atoms with Crippen LogP contribution in [0.1, 0.15) is 4.88 Å². The fourth-order valence-corrected chi connectivity index (χ4v) is 4.18. The van der Waals surface area contributed by atoms with E-state index in [4.69, 9.17) is 0 Å². The molecular weight excluding hydrogens is 220 g/mol. The van der Waals surface area contributed by atoms with Crippen LogP contribution in [0.4, 0.5) is 0 Å². The molecule has 0 spiro atoms. The number of rotatable bonds is 4. The highest BCUT2D eigenvalue weighted by Crippen LogP contribution is 2.14. The largest absolute Gasteiger partial charge is 0.316 e. The summed E-state index contributed by atoms with van der Waals surface area (Å²) in [6.45, 7) is 1.67. The molecule has 2 heterocycles. The molecule has 6 heteroatoms. The molecule has 78 valence electrons. The number of aromatic nitrogens is 1. The Balaban J connectivity index is 1.95. The van der Waals surface area contributed by atoms with Gasteiger partial charge in [0.05, 0.1) is 17.0 Å². The zero-order valence-corrected chi connectivity index (χ0v) is 9.27. The van der Waals surface area contributed by atoms with Crippen molar-refractivity contribution in [3.8, 4) is 0 Å². The van der Waals surface area contributed by atoms with E-state index >= 15 is 0 Å². The smallest absolute Gasteiger partial charge is 0.155 e. The summed E-state index contributed by atoms with van der Waals surface area (Å²) in [4.78, 5) is 4.69. The first-order valence-electron chi connectivity index (χ1n) is 4.44. The lowest BCUT2D eigenvalue weighted by molar-refractivity contribution is 0.378. The second-order valence-electron chi connectivity index (χ2n) is 3.55. The Morgan fingerprint density at radius 2 is 2.36 bits per heavy atom. The van der Waals surface area contributed by atoms with Crippen molar-refractivity contribution in [3.05, 3.63) is 16.6 Å². The molecule has 0 atom stereocenters. The first-order valence-corrected chi connectivity index (χ1v) is 7.14.